The molecule has 2 aromatic carbocycles. The molecule has 0 atom stereocenters. The Morgan fingerprint density at radius 1 is 1.07 bits per heavy atom. The molecule has 1 amide bonds. The lowest BCUT2D eigenvalue weighted by atomic mass is 9.97. The van der Waals surface area contributed by atoms with Gasteiger partial charge in [0.15, 0.2) is 0 Å². The van der Waals surface area contributed by atoms with E-state index in [4.69, 9.17) is 0 Å². The highest BCUT2D eigenvalue weighted by Crippen LogP contribution is 2.31. The van der Waals surface area contributed by atoms with E-state index in [-0.39, 0.29) is 23.7 Å². The normalized spacial score (nSPS) is 16.4. The minimum Gasteiger partial charge on any atom is -0.326 e. The zero-order valence-corrected chi connectivity index (χ0v) is 17.5. The summed E-state index contributed by atoms with van der Waals surface area (Å²) in [7, 11) is -3.67. The number of benzene rings is 2. The van der Waals surface area contributed by atoms with Crippen molar-refractivity contribution < 1.29 is 26.4 Å². The zero-order chi connectivity index (χ0) is 22.1. The third-order valence-corrected chi connectivity index (χ3v) is 7.28. The number of hydrogen-bond acceptors (Lipinski definition) is 3. The van der Waals surface area contributed by atoms with Crippen molar-refractivity contribution in [1.29, 1.82) is 0 Å². The smallest absolute Gasteiger partial charge is 0.326 e. The van der Waals surface area contributed by atoms with Gasteiger partial charge in [0.1, 0.15) is 0 Å². The summed E-state index contributed by atoms with van der Waals surface area (Å²) in [6.45, 7) is 3.91. The van der Waals surface area contributed by atoms with E-state index in [2.05, 4.69) is 5.32 Å². The number of piperidine rings is 1. The van der Waals surface area contributed by atoms with Gasteiger partial charge < -0.3 is 5.32 Å². The number of carbonyl (C=O) groups excluding carboxylic acids is 1. The zero-order valence-electron chi connectivity index (χ0n) is 16.7. The highest BCUT2D eigenvalue weighted by Gasteiger charge is 2.34. The average Bonchev–Trinajstić information content (AvgIpc) is 2.69. The predicted molar refractivity (Wildman–Crippen MR) is 107 cm³/mol. The fourth-order valence-corrected chi connectivity index (χ4v) is 5.28. The second-order valence-electron chi connectivity index (χ2n) is 7.52. The lowest BCUT2D eigenvalue weighted by Crippen LogP contribution is -2.41. The van der Waals surface area contributed by atoms with Crippen LogP contribution in [0.3, 0.4) is 0 Å². The molecule has 2 aromatic rings. The first-order chi connectivity index (χ1) is 14.0. The number of aryl methyl sites for hydroxylation is 2. The van der Waals surface area contributed by atoms with Gasteiger partial charge in [0, 0.05) is 24.7 Å². The molecule has 1 aliphatic rings. The molecule has 3 rings (SSSR count). The number of sulfonamides is 1. The summed E-state index contributed by atoms with van der Waals surface area (Å²) in [6.07, 6.45) is -3.89. The summed E-state index contributed by atoms with van der Waals surface area (Å²) in [5.74, 6) is -0.872. The van der Waals surface area contributed by atoms with Crippen LogP contribution in [0.25, 0.3) is 0 Å². The maximum absolute atomic E-state index is 13.0. The van der Waals surface area contributed by atoms with Gasteiger partial charge in [-0.3, -0.25) is 4.79 Å². The van der Waals surface area contributed by atoms with Gasteiger partial charge in [0.25, 0.3) is 0 Å². The number of hydrogen-bond donors (Lipinski definition) is 1. The van der Waals surface area contributed by atoms with Crippen molar-refractivity contribution in [3.05, 3.63) is 59.2 Å². The Morgan fingerprint density at radius 2 is 1.73 bits per heavy atom. The number of halogens is 3. The maximum Gasteiger partial charge on any atom is 0.416 e. The van der Waals surface area contributed by atoms with Crippen LogP contribution in [0, 0.1) is 19.8 Å². The van der Waals surface area contributed by atoms with Crippen LogP contribution in [0.15, 0.2) is 47.4 Å². The second kappa shape index (κ2) is 8.39. The molecule has 0 radical (unpaired) electrons. The van der Waals surface area contributed by atoms with Gasteiger partial charge in [-0.05, 0) is 62.1 Å². The number of nitrogens with zero attached hydrogens (tertiary/aromatic N) is 1. The Kier molecular flexibility index (Phi) is 6.24. The van der Waals surface area contributed by atoms with Crippen LogP contribution in [0.4, 0.5) is 18.9 Å². The summed E-state index contributed by atoms with van der Waals surface area (Å²) < 4.78 is 65.8. The number of carbonyl (C=O) groups is 1. The molecular formula is C21H23F3N2O3S. The summed E-state index contributed by atoms with van der Waals surface area (Å²) in [4.78, 5) is 12.8. The van der Waals surface area contributed by atoms with Gasteiger partial charge in [0.05, 0.1) is 10.5 Å². The highest BCUT2D eigenvalue weighted by molar-refractivity contribution is 7.89. The topological polar surface area (TPSA) is 66.5 Å². The fourth-order valence-electron chi connectivity index (χ4n) is 3.50. The molecule has 1 aliphatic heterocycles. The molecule has 0 aromatic heterocycles. The monoisotopic (exact) mass is 440 g/mol. The summed E-state index contributed by atoms with van der Waals surface area (Å²) in [5, 5.41) is 2.52. The quantitative estimate of drug-likeness (QED) is 0.768. The first kappa shape index (κ1) is 22.3. The van der Waals surface area contributed by atoms with Crippen molar-refractivity contribution in [1.82, 2.24) is 4.31 Å². The molecule has 162 valence electrons. The van der Waals surface area contributed by atoms with E-state index >= 15 is 0 Å². The largest absolute Gasteiger partial charge is 0.416 e. The Bertz CT molecular complexity index is 1040. The lowest BCUT2D eigenvalue weighted by molar-refractivity contribution is -0.137. The van der Waals surface area contributed by atoms with E-state index in [0.29, 0.717) is 18.4 Å². The molecule has 0 bridgehead atoms. The SMILES string of the molecule is Cc1ccc(C)c(S(=O)(=O)N2CCC(C(=O)Nc3cccc(C(F)(F)F)c3)CC2)c1. The van der Waals surface area contributed by atoms with E-state index in [0.717, 1.165) is 17.7 Å². The summed E-state index contributed by atoms with van der Waals surface area (Å²) in [6, 6.07) is 9.70. The molecule has 0 spiro atoms. The van der Waals surface area contributed by atoms with Crippen molar-refractivity contribution in [2.45, 2.75) is 37.8 Å². The molecule has 0 saturated carbocycles. The fraction of sp³-hybridized carbons (Fsp3) is 0.381. The van der Waals surface area contributed by atoms with Gasteiger partial charge in [-0.2, -0.15) is 17.5 Å². The van der Waals surface area contributed by atoms with Gasteiger partial charge in [0.2, 0.25) is 15.9 Å². The van der Waals surface area contributed by atoms with E-state index in [1.165, 1.54) is 16.4 Å². The van der Waals surface area contributed by atoms with E-state index < -0.39 is 33.6 Å². The molecule has 5 nitrogen and oxygen atoms in total. The van der Waals surface area contributed by atoms with Crippen molar-refractivity contribution in [3.8, 4) is 0 Å². The lowest BCUT2D eigenvalue weighted by Gasteiger charge is -2.31. The Hall–Kier alpha value is -2.39. The van der Waals surface area contributed by atoms with E-state index in [9.17, 15) is 26.4 Å². The van der Waals surface area contributed by atoms with Crippen LogP contribution in [-0.4, -0.2) is 31.7 Å². The molecule has 30 heavy (non-hydrogen) atoms. The molecule has 0 unspecified atom stereocenters. The molecule has 1 saturated heterocycles. The van der Waals surface area contributed by atoms with Crippen LogP contribution < -0.4 is 5.32 Å². The van der Waals surface area contributed by atoms with Gasteiger partial charge >= 0.3 is 6.18 Å². The first-order valence-electron chi connectivity index (χ1n) is 9.54. The van der Waals surface area contributed by atoms with E-state index in [1.54, 1.807) is 19.1 Å². The third-order valence-electron chi connectivity index (χ3n) is 5.24. The maximum atomic E-state index is 13.0. The van der Waals surface area contributed by atoms with Crippen LogP contribution in [0.1, 0.15) is 29.5 Å². The van der Waals surface area contributed by atoms with Crippen LogP contribution in [0.5, 0.6) is 0 Å². The van der Waals surface area contributed by atoms with E-state index in [1.807, 2.05) is 13.0 Å². The average molecular weight is 440 g/mol. The van der Waals surface area contributed by atoms with Crippen molar-refractivity contribution in [2.75, 3.05) is 18.4 Å². The Morgan fingerprint density at radius 3 is 2.37 bits per heavy atom. The predicted octanol–water partition coefficient (Wildman–Crippen LogP) is 4.36. The molecule has 1 heterocycles. The number of rotatable bonds is 4. The summed E-state index contributed by atoms with van der Waals surface area (Å²) >= 11 is 0. The van der Waals surface area contributed by atoms with Crippen molar-refractivity contribution in [2.24, 2.45) is 5.92 Å². The number of alkyl halides is 3. The molecule has 1 N–H and O–H groups in total. The second-order valence-corrected chi connectivity index (χ2v) is 9.42. The van der Waals surface area contributed by atoms with Crippen LogP contribution in [0.2, 0.25) is 0 Å². The Balaban J connectivity index is 1.65. The minimum atomic E-state index is -4.49. The number of nitrogens with one attached hydrogen (secondary N) is 1. The molecular weight excluding hydrogens is 417 g/mol. The molecule has 0 aliphatic carbocycles. The number of anilines is 1. The first-order valence-corrected chi connectivity index (χ1v) is 11.0. The molecule has 1 fully saturated rings. The van der Waals surface area contributed by atoms with Gasteiger partial charge in [-0.25, -0.2) is 8.42 Å². The van der Waals surface area contributed by atoms with Crippen LogP contribution >= 0.6 is 0 Å². The third kappa shape index (κ3) is 4.84. The highest BCUT2D eigenvalue weighted by atomic mass is 32.2. The standard InChI is InChI=1S/C21H23F3N2O3S/c1-14-6-7-15(2)19(12-14)30(28,29)26-10-8-16(9-11-26)20(27)25-18-5-3-4-17(13-18)21(22,23)24/h3-7,12-13,16H,8-11H2,1-2H3,(H,25,27). The van der Waals surface area contributed by atoms with Gasteiger partial charge in [-0.15, -0.1) is 0 Å². The van der Waals surface area contributed by atoms with Crippen molar-refractivity contribution in [3.63, 3.8) is 0 Å². The molecule has 9 heteroatoms. The minimum absolute atomic E-state index is 0.0697. The van der Waals surface area contributed by atoms with Crippen LogP contribution in [-0.2, 0) is 21.0 Å². The summed E-state index contributed by atoms with van der Waals surface area (Å²) in [5.41, 5.74) is 0.731. The Labute approximate surface area is 173 Å². The number of amides is 1. The van der Waals surface area contributed by atoms with Gasteiger partial charge in [-0.1, -0.05) is 18.2 Å². The van der Waals surface area contributed by atoms with Crippen molar-refractivity contribution >= 4 is 21.6 Å².